The summed E-state index contributed by atoms with van der Waals surface area (Å²) >= 11 is 0. The largest absolute Gasteiger partial charge is 0.467 e. The summed E-state index contributed by atoms with van der Waals surface area (Å²) in [4.78, 5) is 7.00. The van der Waals surface area contributed by atoms with Gasteiger partial charge in [0, 0.05) is 25.7 Å². The third-order valence-corrected chi connectivity index (χ3v) is 3.86. The van der Waals surface area contributed by atoms with Gasteiger partial charge in [-0.15, -0.1) is 24.0 Å². The Hall–Kier alpha value is -0.800. The number of furan rings is 1. The second-order valence-corrected chi connectivity index (χ2v) is 6.88. The Labute approximate surface area is 176 Å². The van der Waals surface area contributed by atoms with Gasteiger partial charge in [-0.1, -0.05) is 13.8 Å². The van der Waals surface area contributed by atoms with Crippen molar-refractivity contribution >= 4 is 29.9 Å². The fraction of sp³-hybridized carbons (Fsp3) is 0.737. The van der Waals surface area contributed by atoms with Crippen LogP contribution in [0.1, 0.15) is 39.4 Å². The molecule has 1 heterocycles. The smallest absolute Gasteiger partial charge is 0.191 e. The van der Waals surface area contributed by atoms with Crippen molar-refractivity contribution in [2.75, 3.05) is 40.3 Å². The van der Waals surface area contributed by atoms with Crippen LogP contribution in [0.4, 0.5) is 0 Å². The minimum Gasteiger partial charge on any atom is -0.467 e. The molecule has 6 nitrogen and oxygen atoms in total. The van der Waals surface area contributed by atoms with Crippen LogP contribution in [0.15, 0.2) is 27.8 Å². The molecule has 1 aromatic heterocycles. The van der Waals surface area contributed by atoms with Gasteiger partial charge in [0.2, 0.25) is 0 Å². The van der Waals surface area contributed by atoms with Crippen molar-refractivity contribution in [3.63, 3.8) is 0 Å². The van der Waals surface area contributed by atoms with E-state index in [0.29, 0.717) is 25.2 Å². The van der Waals surface area contributed by atoms with Crippen molar-refractivity contribution in [3.8, 4) is 0 Å². The van der Waals surface area contributed by atoms with E-state index in [4.69, 9.17) is 14.1 Å². The number of halogens is 1. The predicted octanol–water partition coefficient (Wildman–Crippen LogP) is 3.34. The molecule has 7 heteroatoms. The monoisotopic (exact) mass is 480 g/mol. The van der Waals surface area contributed by atoms with Gasteiger partial charge in [0.15, 0.2) is 5.96 Å². The van der Waals surface area contributed by atoms with E-state index >= 15 is 0 Å². The molecule has 152 valence electrons. The Morgan fingerprint density at radius 2 is 2.08 bits per heavy atom. The van der Waals surface area contributed by atoms with Crippen molar-refractivity contribution in [2.24, 2.45) is 10.9 Å². The fourth-order valence-corrected chi connectivity index (χ4v) is 2.48. The molecule has 0 aliphatic rings. The second-order valence-electron chi connectivity index (χ2n) is 6.88. The molecule has 0 spiro atoms. The standard InChI is InChI=1S/C19H36N4O2.HI/c1-6-20-19(22-14-17(23(4)5)13-16(2)3)21-10-8-11-24-15-18-9-7-12-25-18;/h7,9,12,16-17H,6,8,10-11,13-15H2,1-5H3,(H2,20,21,22);1H. The van der Waals surface area contributed by atoms with Gasteiger partial charge < -0.3 is 24.7 Å². The first-order chi connectivity index (χ1) is 12.0. The summed E-state index contributed by atoms with van der Waals surface area (Å²) in [6.07, 6.45) is 3.74. The van der Waals surface area contributed by atoms with Gasteiger partial charge in [0.05, 0.1) is 12.8 Å². The Bertz CT molecular complexity index is 464. The third-order valence-electron chi connectivity index (χ3n) is 3.86. The van der Waals surface area contributed by atoms with Crippen LogP contribution >= 0.6 is 24.0 Å². The molecule has 2 N–H and O–H groups in total. The third kappa shape index (κ3) is 11.7. The summed E-state index contributed by atoms with van der Waals surface area (Å²) in [5.74, 6) is 2.41. The van der Waals surface area contributed by atoms with Crippen molar-refractivity contribution < 1.29 is 9.15 Å². The zero-order chi connectivity index (χ0) is 18.5. The normalized spacial score (nSPS) is 13.0. The van der Waals surface area contributed by atoms with Gasteiger partial charge in [0.1, 0.15) is 12.4 Å². The molecule has 0 saturated heterocycles. The number of hydrogen-bond donors (Lipinski definition) is 2. The first-order valence-electron chi connectivity index (χ1n) is 9.31. The average molecular weight is 480 g/mol. The fourth-order valence-electron chi connectivity index (χ4n) is 2.48. The highest BCUT2D eigenvalue weighted by Crippen LogP contribution is 2.09. The van der Waals surface area contributed by atoms with Crippen LogP contribution in [0.2, 0.25) is 0 Å². The minimum absolute atomic E-state index is 0. The average Bonchev–Trinajstić information content (AvgIpc) is 3.07. The van der Waals surface area contributed by atoms with Crippen LogP contribution in [-0.4, -0.2) is 57.2 Å². The number of ether oxygens (including phenoxy) is 1. The molecular weight excluding hydrogens is 443 g/mol. The second kappa shape index (κ2) is 15.3. The maximum atomic E-state index is 5.59. The Balaban J connectivity index is 0.00000625. The summed E-state index contributed by atoms with van der Waals surface area (Å²) in [6.45, 7) is 10.3. The van der Waals surface area contributed by atoms with Crippen molar-refractivity contribution in [1.82, 2.24) is 15.5 Å². The molecule has 0 aliphatic heterocycles. The van der Waals surface area contributed by atoms with Crippen LogP contribution in [0.3, 0.4) is 0 Å². The quantitative estimate of drug-likeness (QED) is 0.208. The van der Waals surface area contributed by atoms with Crippen LogP contribution in [0.5, 0.6) is 0 Å². The number of likely N-dealkylation sites (N-methyl/N-ethyl adjacent to an activating group) is 1. The zero-order valence-corrected chi connectivity index (χ0v) is 19.3. The van der Waals surface area contributed by atoms with Gasteiger partial charge in [-0.3, -0.25) is 4.99 Å². The lowest BCUT2D eigenvalue weighted by Gasteiger charge is -2.24. The van der Waals surface area contributed by atoms with E-state index in [1.54, 1.807) is 6.26 Å². The highest BCUT2D eigenvalue weighted by Gasteiger charge is 2.13. The highest BCUT2D eigenvalue weighted by molar-refractivity contribution is 14.0. The molecule has 0 aliphatic carbocycles. The first-order valence-corrected chi connectivity index (χ1v) is 9.31. The summed E-state index contributed by atoms with van der Waals surface area (Å²) in [5.41, 5.74) is 0. The lowest BCUT2D eigenvalue weighted by Crippen LogP contribution is -2.40. The molecule has 26 heavy (non-hydrogen) atoms. The number of aliphatic imine (C=N–C) groups is 1. The van der Waals surface area contributed by atoms with E-state index in [-0.39, 0.29) is 24.0 Å². The van der Waals surface area contributed by atoms with Crippen LogP contribution in [0.25, 0.3) is 0 Å². The van der Waals surface area contributed by atoms with Gasteiger partial charge in [-0.05, 0) is 51.9 Å². The summed E-state index contributed by atoms with van der Waals surface area (Å²) in [7, 11) is 4.25. The number of nitrogens with one attached hydrogen (secondary N) is 2. The summed E-state index contributed by atoms with van der Waals surface area (Å²) in [6, 6.07) is 4.26. The minimum atomic E-state index is 0. The van der Waals surface area contributed by atoms with Crippen molar-refractivity contribution in [1.29, 1.82) is 0 Å². The molecule has 1 atom stereocenters. The van der Waals surface area contributed by atoms with Gasteiger partial charge in [-0.25, -0.2) is 0 Å². The Kier molecular flexibility index (Phi) is 14.8. The van der Waals surface area contributed by atoms with Crippen LogP contribution in [0, 0.1) is 5.92 Å². The molecule has 0 aromatic carbocycles. The molecule has 0 saturated carbocycles. The van der Waals surface area contributed by atoms with E-state index in [1.807, 2.05) is 12.1 Å². The van der Waals surface area contributed by atoms with Crippen LogP contribution in [-0.2, 0) is 11.3 Å². The number of rotatable bonds is 12. The predicted molar refractivity (Wildman–Crippen MR) is 119 cm³/mol. The van der Waals surface area contributed by atoms with Crippen LogP contribution < -0.4 is 10.6 Å². The molecule has 0 bridgehead atoms. The summed E-state index contributed by atoms with van der Waals surface area (Å²) < 4.78 is 10.8. The van der Waals surface area contributed by atoms with Gasteiger partial charge in [0.25, 0.3) is 0 Å². The number of nitrogens with zero attached hydrogens (tertiary/aromatic N) is 2. The molecule has 1 aromatic rings. The maximum Gasteiger partial charge on any atom is 0.191 e. The highest BCUT2D eigenvalue weighted by atomic mass is 127. The first kappa shape index (κ1) is 25.2. The van der Waals surface area contributed by atoms with Gasteiger partial charge in [-0.2, -0.15) is 0 Å². The van der Waals surface area contributed by atoms with E-state index in [1.165, 1.54) is 0 Å². The lowest BCUT2D eigenvalue weighted by atomic mass is 10.0. The van der Waals surface area contributed by atoms with Crippen molar-refractivity contribution in [3.05, 3.63) is 24.2 Å². The molecule has 0 radical (unpaired) electrons. The maximum absolute atomic E-state index is 5.59. The molecule has 0 amide bonds. The van der Waals surface area contributed by atoms with Gasteiger partial charge >= 0.3 is 0 Å². The molecule has 1 rings (SSSR count). The Morgan fingerprint density at radius 3 is 2.65 bits per heavy atom. The topological polar surface area (TPSA) is 62.0 Å². The molecular formula is C19H37IN4O2. The number of hydrogen-bond acceptors (Lipinski definition) is 4. The SMILES string of the molecule is CCNC(=NCC(CC(C)C)N(C)C)NCCCOCc1ccco1.I. The molecule has 1 unspecified atom stereocenters. The Morgan fingerprint density at radius 1 is 1.31 bits per heavy atom. The van der Waals surface area contributed by atoms with E-state index in [0.717, 1.165) is 44.2 Å². The summed E-state index contributed by atoms with van der Waals surface area (Å²) in [5, 5.41) is 6.69. The number of guanidine groups is 1. The van der Waals surface area contributed by atoms with E-state index in [2.05, 4.69) is 50.4 Å². The van der Waals surface area contributed by atoms with E-state index in [9.17, 15) is 0 Å². The molecule has 0 fully saturated rings. The van der Waals surface area contributed by atoms with E-state index < -0.39 is 0 Å². The lowest BCUT2D eigenvalue weighted by molar-refractivity contribution is 0.105. The zero-order valence-electron chi connectivity index (χ0n) is 17.0. The van der Waals surface area contributed by atoms with Crippen molar-refractivity contribution in [2.45, 2.75) is 46.3 Å².